The first kappa shape index (κ1) is 8.51. The minimum absolute atomic E-state index is 0.0718. The molecule has 3 heteroatoms. The summed E-state index contributed by atoms with van der Waals surface area (Å²) in [6.45, 7) is 0.816. The Labute approximate surface area is 67.6 Å². The third-order valence-electron chi connectivity index (χ3n) is 2.01. The van der Waals surface area contributed by atoms with E-state index in [4.69, 9.17) is 10.00 Å². The third-order valence-corrected chi connectivity index (χ3v) is 2.01. The van der Waals surface area contributed by atoms with Gasteiger partial charge >= 0.3 is 0 Å². The molecule has 0 amide bonds. The molecule has 1 saturated heterocycles. The molecule has 0 N–H and O–H groups in total. The van der Waals surface area contributed by atoms with Crippen molar-refractivity contribution in [3.8, 4) is 6.07 Å². The predicted octanol–water partition coefficient (Wildman–Crippen LogP) is 0.619. The molecule has 2 atom stereocenters. The van der Waals surface area contributed by atoms with E-state index in [1.165, 1.54) is 0 Å². The molecule has 62 valence electrons. The fraction of sp³-hybridized carbons (Fsp3) is 0.875. The van der Waals surface area contributed by atoms with Crippen LogP contribution in [0.15, 0.2) is 0 Å². The highest BCUT2D eigenvalue weighted by Crippen LogP contribution is 2.17. The molecule has 0 aliphatic carbocycles. The van der Waals surface area contributed by atoms with Gasteiger partial charge in [-0.1, -0.05) is 0 Å². The lowest BCUT2D eigenvalue weighted by Gasteiger charge is -2.22. The van der Waals surface area contributed by atoms with Crippen LogP contribution in [0.1, 0.15) is 12.8 Å². The predicted molar refractivity (Wildman–Crippen MR) is 42.1 cm³/mol. The van der Waals surface area contributed by atoms with E-state index < -0.39 is 0 Å². The number of hydrogen-bond donors (Lipinski definition) is 0. The Balaban J connectivity index is 2.48. The smallest absolute Gasteiger partial charge is 0.124 e. The second kappa shape index (κ2) is 3.70. The Hall–Kier alpha value is -0.590. The van der Waals surface area contributed by atoms with E-state index in [0.29, 0.717) is 0 Å². The summed E-state index contributed by atoms with van der Waals surface area (Å²) in [5.74, 6) is 0. The molecular formula is C8H14N2O. The van der Waals surface area contributed by atoms with Crippen molar-refractivity contribution in [2.75, 3.05) is 20.7 Å². The molecule has 11 heavy (non-hydrogen) atoms. The summed E-state index contributed by atoms with van der Waals surface area (Å²) in [7, 11) is 3.82. The lowest BCUT2D eigenvalue weighted by molar-refractivity contribution is 0.0639. The average Bonchev–Trinajstić information content (AvgIpc) is 2.40. The second-order valence-electron chi connectivity index (χ2n) is 3.09. The summed E-state index contributed by atoms with van der Waals surface area (Å²) in [6.07, 6.45) is 2.25. The van der Waals surface area contributed by atoms with Gasteiger partial charge in [-0.25, -0.2) is 0 Å². The van der Waals surface area contributed by atoms with Crippen LogP contribution < -0.4 is 0 Å². The molecule has 2 unspecified atom stereocenters. The van der Waals surface area contributed by atoms with Gasteiger partial charge in [0.2, 0.25) is 0 Å². The van der Waals surface area contributed by atoms with E-state index in [9.17, 15) is 0 Å². The van der Waals surface area contributed by atoms with Crippen molar-refractivity contribution >= 4 is 0 Å². The lowest BCUT2D eigenvalue weighted by Crippen LogP contribution is -2.37. The van der Waals surface area contributed by atoms with Gasteiger partial charge in [0.05, 0.1) is 12.2 Å². The fourth-order valence-electron chi connectivity index (χ4n) is 1.38. The number of likely N-dealkylation sites (N-methyl/N-ethyl adjacent to an activating group) is 1. The molecule has 3 nitrogen and oxygen atoms in total. The highest BCUT2D eigenvalue weighted by Gasteiger charge is 2.26. The van der Waals surface area contributed by atoms with Gasteiger partial charge in [-0.3, -0.25) is 4.90 Å². The summed E-state index contributed by atoms with van der Waals surface area (Å²) in [5.41, 5.74) is 0. The zero-order chi connectivity index (χ0) is 8.27. The van der Waals surface area contributed by atoms with Gasteiger partial charge in [0.25, 0.3) is 0 Å². The van der Waals surface area contributed by atoms with Gasteiger partial charge < -0.3 is 4.74 Å². The molecule has 1 heterocycles. The van der Waals surface area contributed by atoms with Crippen LogP contribution in [0.5, 0.6) is 0 Å². The van der Waals surface area contributed by atoms with E-state index >= 15 is 0 Å². The van der Waals surface area contributed by atoms with Crippen LogP contribution in [0.25, 0.3) is 0 Å². The molecule has 0 saturated carbocycles. The minimum atomic E-state index is -0.0718. The number of rotatable bonds is 2. The SMILES string of the molecule is CN(C)C(C#N)C1CCCO1. The monoisotopic (exact) mass is 154 g/mol. The van der Waals surface area contributed by atoms with E-state index in [1.54, 1.807) is 0 Å². The Morgan fingerprint density at radius 1 is 1.64 bits per heavy atom. The summed E-state index contributed by atoms with van der Waals surface area (Å²) >= 11 is 0. The van der Waals surface area contributed by atoms with Crippen LogP contribution in [0, 0.1) is 11.3 Å². The van der Waals surface area contributed by atoms with Gasteiger partial charge in [0, 0.05) is 6.61 Å². The number of hydrogen-bond acceptors (Lipinski definition) is 3. The maximum atomic E-state index is 8.79. The molecule has 0 aromatic rings. The fourth-order valence-corrected chi connectivity index (χ4v) is 1.38. The Morgan fingerprint density at radius 2 is 2.36 bits per heavy atom. The van der Waals surface area contributed by atoms with Crippen molar-refractivity contribution in [2.24, 2.45) is 0 Å². The van der Waals surface area contributed by atoms with Crippen molar-refractivity contribution in [3.63, 3.8) is 0 Å². The molecule has 0 aromatic carbocycles. The highest BCUT2D eigenvalue weighted by molar-refractivity contribution is 4.96. The van der Waals surface area contributed by atoms with Crippen LogP contribution in [0.3, 0.4) is 0 Å². The zero-order valence-electron chi connectivity index (χ0n) is 7.08. The zero-order valence-corrected chi connectivity index (χ0v) is 7.08. The van der Waals surface area contributed by atoms with Crippen molar-refractivity contribution in [3.05, 3.63) is 0 Å². The average molecular weight is 154 g/mol. The van der Waals surface area contributed by atoms with Crippen molar-refractivity contribution in [1.29, 1.82) is 5.26 Å². The first-order valence-corrected chi connectivity index (χ1v) is 3.93. The van der Waals surface area contributed by atoms with E-state index in [1.807, 2.05) is 19.0 Å². The summed E-state index contributed by atoms with van der Waals surface area (Å²) < 4.78 is 5.40. The molecule has 1 aliphatic heterocycles. The van der Waals surface area contributed by atoms with Crippen molar-refractivity contribution in [1.82, 2.24) is 4.90 Å². The van der Waals surface area contributed by atoms with Gasteiger partial charge in [0.1, 0.15) is 6.04 Å². The van der Waals surface area contributed by atoms with Gasteiger partial charge in [-0.2, -0.15) is 5.26 Å². The standard InChI is InChI=1S/C8H14N2O/c1-10(2)7(6-9)8-4-3-5-11-8/h7-8H,3-5H2,1-2H3. The van der Waals surface area contributed by atoms with E-state index in [2.05, 4.69) is 6.07 Å². The van der Waals surface area contributed by atoms with Gasteiger partial charge in [0.15, 0.2) is 0 Å². The molecular weight excluding hydrogens is 140 g/mol. The first-order chi connectivity index (χ1) is 5.25. The number of nitrogens with zero attached hydrogens (tertiary/aromatic N) is 2. The summed E-state index contributed by atoms with van der Waals surface area (Å²) in [4.78, 5) is 1.91. The Kier molecular flexibility index (Phi) is 2.86. The molecule has 0 radical (unpaired) electrons. The van der Waals surface area contributed by atoms with E-state index in [-0.39, 0.29) is 12.1 Å². The van der Waals surface area contributed by atoms with Crippen molar-refractivity contribution < 1.29 is 4.74 Å². The maximum absolute atomic E-state index is 8.79. The van der Waals surface area contributed by atoms with Crippen LogP contribution in [-0.2, 0) is 4.74 Å². The lowest BCUT2D eigenvalue weighted by atomic mass is 10.1. The quantitative estimate of drug-likeness (QED) is 0.585. The van der Waals surface area contributed by atoms with E-state index in [0.717, 1.165) is 19.4 Å². The Morgan fingerprint density at radius 3 is 2.73 bits per heavy atom. The number of ether oxygens (including phenoxy) is 1. The molecule has 1 rings (SSSR count). The van der Waals surface area contributed by atoms with Crippen LogP contribution in [0.4, 0.5) is 0 Å². The topological polar surface area (TPSA) is 36.3 Å². The third kappa shape index (κ3) is 1.92. The van der Waals surface area contributed by atoms with Gasteiger partial charge in [-0.15, -0.1) is 0 Å². The van der Waals surface area contributed by atoms with Crippen LogP contribution in [-0.4, -0.2) is 37.7 Å². The number of nitriles is 1. The normalized spacial score (nSPS) is 26.9. The van der Waals surface area contributed by atoms with Crippen molar-refractivity contribution in [2.45, 2.75) is 25.0 Å². The highest BCUT2D eigenvalue weighted by atomic mass is 16.5. The molecule has 0 bridgehead atoms. The van der Waals surface area contributed by atoms with Crippen LogP contribution >= 0.6 is 0 Å². The largest absolute Gasteiger partial charge is 0.375 e. The first-order valence-electron chi connectivity index (χ1n) is 3.93. The minimum Gasteiger partial charge on any atom is -0.375 e. The molecule has 0 aromatic heterocycles. The second-order valence-corrected chi connectivity index (χ2v) is 3.09. The molecule has 1 fully saturated rings. The maximum Gasteiger partial charge on any atom is 0.124 e. The summed E-state index contributed by atoms with van der Waals surface area (Å²) in [6, 6.07) is 2.17. The molecule has 0 spiro atoms. The molecule has 1 aliphatic rings. The Bertz CT molecular complexity index is 156. The summed E-state index contributed by atoms with van der Waals surface area (Å²) in [5, 5.41) is 8.79. The van der Waals surface area contributed by atoms with Crippen LogP contribution in [0.2, 0.25) is 0 Å². The van der Waals surface area contributed by atoms with Gasteiger partial charge in [-0.05, 0) is 26.9 Å².